The standard InChI is InChI=1S/C18H22ClN5O9P2/c19-18-22-16(20-6-10-4-2-1-3-5-10)17-21-7-11(24(17)23-18)15-14(26)13(25)12(33-15)8-32-35(30,31)9-34(27,28)29/h1-5,7,12-15,25-26H,6,8-9H2,(H,30,31)(H,20,22,23)(H2,27,28,29)/t12-,13-,14-,15+/m1/s1. The van der Waals surface area contributed by atoms with Gasteiger partial charge in [0.1, 0.15) is 24.4 Å². The average molecular weight is 550 g/mol. The topological polar surface area (TPSA) is 209 Å². The summed E-state index contributed by atoms with van der Waals surface area (Å²) in [6, 6.07) is 9.50. The van der Waals surface area contributed by atoms with Crippen molar-refractivity contribution in [2.75, 3.05) is 17.8 Å². The van der Waals surface area contributed by atoms with Gasteiger partial charge in [-0.3, -0.25) is 9.13 Å². The third-order valence-electron chi connectivity index (χ3n) is 5.12. The summed E-state index contributed by atoms with van der Waals surface area (Å²) >= 11 is 6.08. The Balaban J connectivity index is 1.52. The second-order valence-electron chi connectivity index (χ2n) is 7.80. The number of aliphatic hydroxyl groups excluding tert-OH is 2. The normalized spacial score (nSPS) is 24.5. The molecule has 1 aliphatic rings. The number of aliphatic hydroxyl groups is 2. The SMILES string of the molecule is O=P(O)(O)CP(=O)(O)OC[C@H]1O[C@@H](c2cnc3c(NCc4ccccc4)nc(Cl)nn23)[C@H](O)[C@@H]1O. The zero-order valence-electron chi connectivity index (χ0n) is 17.8. The highest BCUT2D eigenvalue weighted by Crippen LogP contribution is 2.55. The predicted octanol–water partition coefficient (Wildman–Crippen LogP) is 0.889. The number of nitrogens with zero attached hydrogens (tertiary/aromatic N) is 4. The average Bonchev–Trinajstić information content (AvgIpc) is 3.31. The lowest BCUT2D eigenvalue weighted by Crippen LogP contribution is -2.33. The van der Waals surface area contributed by atoms with Crippen molar-refractivity contribution in [3.8, 4) is 0 Å². The number of benzene rings is 1. The second-order valence-corrected chi connectivity index (χ2v) is 12.1. The van der Waals surface area contributed by atoms with Crippen LogP contribution in [-0.4, -0.2) is 75.3 Å². The monoisotopic (exact) mass is 549 g/mol. The van der Waals surface area contributed by atoms with Gasteiger partial charge >= 0.3 is 15.2 Å². The van der Waals surface area contributed by atoms with E-state index < -0.39 is 52.1 Å². The number of hydrogen-bond acceptors (Lipinski definition) is 10. The molecule has 14 nitrogen and oxygen atoms in total. The molecule has 1 saturated heterocycles. The first-order valence-electron chi connectivity index (χ1n) is 10.1. The predicted molar refractivity (Wildman–Crippen MR) is 122 cm³/mol. The number of aromatic nitrogens is 4. The minimum Gasteiger partial charge on any atom is -0.387 e. The quantitative estimate of drug-likeness (QED) is 0.205. The van der Waals surface area contributed by atoms with Crippen molar-refractivity contribution in [3.05, 3.63) is 53.1 Å². The molecule has 190 valence electrons. The molecular formula is C18H22ClN5O9P2. The Labute approximate surface area is 203 Å². The number of ether oxygens (including phenoxy) is 1. The molecule has 1 aliphatic heterocycles. The number of nitrogens with one attached hydrogen (secondary N) is 1. The van der Waals surface area contributed by atoms with Crippen LogP contribution in [-0.2, 0) is 24.9 Å². The van der Waals surface area contributed by atoms with E-state index in [9.17, 15) is 24.2 Å². The van der Waals surface area contributed by atoms with Crippen molar-refractivity contribution in [1.82, 2.24) is 19.6 Å². The van der Waals surface area contributed by atoms with E-state index in [4.69, 9.17) is 30.6 Å². The first kappa shape index (κ1) is 26.1. The van der Waals surface area contributed by atoms with Crippen molar-refractivity contribution >= 4 is 38.3 Å². The molecule has 0 amide bonds. The molecule has 2 aromatic heterocycles. The first-order chi connectivity index (χ1) is 16.4. The Morgan fingerprint density at radius 1 is 1.14 bits per heavy atom. The summed E-state index contributed by atoms with van der Waals surface area (Å²) in [5, 5.41) is 28.0. The summed E-state index contributed by atoms with van der Waals surface area (Å²) in [7, 11) is -9.50. The van der Waals surface area contributed by atoms with Crippen molar-refractivity contribution < 1.29 is 43.3 Å². The van der Waals surface area contributed by atoms with Crippen LogP contribution in [0.1, 0.15) is 17.4 Å². The summed E-state index contributed by atoms with van der Waals surface area (Å²) in [4.78, 5) is 35.9. The molecule has 3 aromatic rings. The number of imidazole rings is 1. The Bertz CT molecular complexity index is 1290. The molecule has 35 heavy (non-hydrogen) atoms. The van der Waals surface area contributed by atoms with E-state index >= 15 is 0 Å². The summed E-state index contributed by atoms with van der Waals surface area (Å²) in [5.41, 5.74) is 1.46. The summed E-state index contributed by atoms with van der Waals surface area (Å²) in [6.45, 7) is -0.290. The van der Waals surface area contributed by atoms with Gasteiger partial charge in [-0.15, -0.1) is 5.10 Å². The molecule has 1 fully saturated rings. The van der Waals surface area contributed by atoms with Crippen LogP contribution in [0.2, 0.25) is 5.28 Å². The third-order valence-corrected chi connectivity index (χ3v) is 8.74. The van der Waals surface area contributed by atoms with Crippen LogP contribution >= 0.6 is 26.8 Å². The van der Waals surface area contributed by atoms with Gasteiger partial charge in [-0.1, -0.05) is 30.3 Å². The molecule has 0 bridgehead atoms. The minimum atomic E-state index is -4.83. The maximum atomic E-state index is 11.9. The number of hydrogen-bond donors (Lipinski definition) is 6. The van der Waals surface area contributed by atoms with Gasteiger partial charge in [-0.2, -0.15) is 4.98 Å². The second kappa shape index (κ2) is 10.2. The van der Waals surface area contributed by atoms with Gasteiger partial charge in [0.25, 0.3) is 0 Å². The highest BCUT2D eigenvalue weighted by molar-refractivity contribution is 7.70. The molecule has 0 spiro atoms. The van der Waals surface area contributed by atoms with Crippen LogP contribution in [0.15, 0.2) is 36.5 Å². The Morgan fingerprint density at radius 2 is 1.86 bits per heavy atom. The van der Waals surface area contributed by atoms with E-state index in [0.717, 1.165) is 5.56 Å². The van der Waals surface area contributed by atoms with Crippen LogP contribution in [0.25, 0.3) is 5.65 Å². The van der Waals surface area contributed by atoms with Gasteiger partial charge in [0.05, 0.1) is 18.5 Å². The van der Waals surface area contributed by atoms with E-state index in [-0.39, 0.29) is 16.6 Å². The summed E-state index contributed by atoms with van der Waals surface area (Å²) in [5.74, 6) is -1.08. The highest BCUT2D eigenvalue weighted by Gasteiger charge is 2.46. The van der Waals surface area contributed by atoms with Crippen molar-refractivity contribution in [2.45, 2.75) is 31.0 Å². The lowest BCUT2D eigenvalue weighted by Gasteiger charge is -2.18. The molecule has 0 saturated carbocycles. The van der Waals surface area contributed by atoms with Gasteiger partial charge in [-0.25, -0.2) is 9.50 Å². The van der Waals surface area contributed by atoms with Crippen molar-refractivity contribution in [3.63, 3.8) is 0 Å². The molecule has 3 heterocycles. The summed E-state index contributed by atoms with van der Waals surface area (Å²) < 4.78 is 34.5. The van der Waals surface area contributed by atoms with Gasteiger partial charge in [0.2, 0.25) is 5.28 Å². The minimum absolute atomic E-state index is 0.126. The molecule has 1 unspecified atom stereocenters. The lowest BCUT2D eigenvalue weighted by atomic mass is 10.1. The van der Waals surface area contributed by atoms with Gasteiger partial charge in [0, 0.05) is 6.54 Å². The molecule has 6 N–H and O–H groups in total. The molecule has 17 heteroatoms. The van der Waals surface area contributed by atoms with Gasteiger partial charge in [0.15, 0.2) is 17.4 Å². The van der Waals surface area contributed by atoms with Gasteiger partial charge < -0.3 is 39.5 Å². The molecule has 5 atom stereocenters. The maximum Gasteiger partial charge on any atom is 0.340 e. The first-order valence-corrected chi connectivity index (χ1v) is 14.1. The van der Waals surface area contributed by atoms with E-state index in [1.807, 2.05) is 30.3 Å². The lowest BCUT2D eigenvalue weighted by molar-refractivity contribution is -0.0204. The number of halogens is 1. The van der Waals surface area contributed by atoms with E-state index in [0.29, 0.717) is 12.4 Å². The zero-order valence-corrected chi connectivity index (χ0v) is 20.4. The fraction of sp³-hybridized carbons (Fsp3) is 0.389. The zero-order chi connectivity index (χ0) is 25.4. The molecular weight excluding hydrogens is 528 g/mol. The smallest absolute Gasteiger partial charge is 0.340 e. The number of anilines is 1. The van der Waals surface area contributed by atoms with Crippen molar-refractivity contribution in [1.29, 1.82) is 0 Å². The number of rotatable bonds is 9. The highest BCUT2D eigenvalue weighted by atomic mass is 35.5. The molecule has 0 radical (unpaired) electrons. The van der Waals surface area contributed by atoms with Crippen LogP contribution in [0, 0.1) is 0 Å². The number of fused-ring (bicyclic) bond motifs is 1. The van der Waals surface area contributed by atoms with Crippen LogP contribution in [0.3, 0.4) is 0 Å². The third kappa shape index (κ3) is 6.25. The maximum absolute atomic E-state index is 11.9. The van der Waals surface area contributed by atoms with E-state index in [1.165, 1.54) is 10.7 Å². The molecule has 4 rings (SSSR count). The fourth-order valence-corrected chi connectivity index (χ4v) is 6.29. The van der Waals surface area contributed by atoms with E-state index in [1.54, 1.807) is 0 Å². The molecule has 1 aromatic carbocycles. The Kier molecular flexibility index (Phi) is 7.60. The van der Waals surface area contributed by atoms with Crippen LogP contribution in [0.5, 0.6) is 0 Å². The van der Waals surface area contributed by atoms with Crippen LogP contribution in [0.4, 0.5) is 5.82 Å². The van der Waals surface area contributed by atoms with Gasteiger partial charge in [-0.05, 0) is 17.2 Å². The van der Waals surface area contributed by atoms with Crippen LogP contribution < -0.4 is 5.32 Å². The van der Waals surface area contributed by atoms with Crippen molar-refractivity contribution in [2.24, 2.45) is 0 Å². The largest absolute Gasteiger partial charge is 0.387 e. The Morgan fingerprint density at radius 3 is 2.54 bits per heavy atom. The Hall–Kier alpha value is -1.96. The summed E-state index contributed by atoms with van der Waals surface area (Å²) in [6.07, 6.45) is -4.17. The fourth-order valence-electron chi connectivity index (χ4n) is 3.56. The molecule has 0 aliphatic carbocycles. The van der Waals surface area contributed by atoms with E-state index in [2.05, 4.69) is 20.4 Å².